The van der Waals surface area contributed by atoms with E-state index in [1.165, 1.54) is 18.4 Å². The van der Waals surface area contributed by atoms with E-state index in [0.29, 0.717) is 23.8 Å². The average molecular weight is 245 g/mol. The van der Waals surface area contributed by atoms with E-state index < -0.39 is 0 Å². The van der Waals surface area contributed by atoms with Crippen LogP contribution < -0.4 is 11.1 Å². The summed E-state index contributed by atoms with van der Waals surface area (Å²) in [6.07, 6.45) is 2.45. The van der Waals surface area contributed by atoms with Crippen molar-refractivity contribution in [2.24, 2.45) is 16.6 Å². The van der Waals surface area contributed by atoms with E-state index in [4.69, 9.17) is 5.73 Å². The summed E-state index contributed by atoms with van der Waals surface area (Å²) < 4.78 is 0. The summed E-state index contributed by atoms with van der Waals surface area (Å²) in [6.45, 7) is 5.22. The second kappa shape index (κ2) is 5.89. The molecule has 1 aromatic rings. The fourth-order valence-corrected chi connectivity index (χ4v) is 2.08. The molecule has 1 aromatic carbocycles. The number of hydrogen-bond donors (Lipinski definition) is 2. The monoisotopic (exact) mass is 245 g/mol. The molecule has 1 fully saturated rings. The molecule has 1 aliphatic rings. The Hall–Kier alpha value is -1.51. The molecule has 0 bridgehead atoms. The summed E-state index contributed by atoms with van der Waals surface area (Å²) in [5, 5.41) is 3.23. The normalized spacial score (nSPS) is 17.8. The van der Waals surface area contributed by atoms with Gasteiger partial charge in [-0.3, -0.25) is 4.99 Å². The molecule has 0 saturated heterocycles. The summed E-state index contributed by atoms with van der Waals surface area (Å²) in [6, 6.07) is 11.1. The van der Waals surface area contributed by atoms with Crippen LogP contribution in [-0.4, -0.2) is 18.5 Å². The van der Waals surface area contributed by atoms with Crippen LogP contribution >= 0.6 is 0 Å². The molecule has 0 radical (unpaired) electrons. The van der Waals surface area contributed by atoms with Crippen LogP contribution in [0, 0.1) is 5.92 Å². The number of nitrogens with zero attached hydrogens (tertiary/aromatic N) is 1. The number of guanidine groups is 1. The van der Waals surface area contributed by atoms with Crippen molar-refractivity contribution in [3.63, 3.8) is 0 Å². The van der Waals surface area contributed by atoms with Gasteiger partial charge in [-0.1, -0.05) is 44.2 Å². The molecular weight excluding hydrogens is 222 g/mol. The third kappa shape index (κ3) is 3.76. The summed E-state index contributed by atoms with van der Waals surface area (Å²) in [7, 11) is 0. The fraction of sp³-hybridized carbons (Fsp3) is 0.533. The van der Waals surface area contributed by atoms with Crippen molar-refractivity contribution < 1.29 is 0 Å². The first kappa shape index (κ1) is 12.9. The van der Waals surface area contributed by atoms with Crippen molar-refractivity contribution in [3.8, 4) is 0 Å². The first-order chi connectivity index (χ1) is 8.66. The zero-order valence-corrected chi connectivity index (χ0v) is 11.3. The third-order valence-electron chi connectivity index (χ3n) is 3.42. The Bertz CT molecular complexity index is 393. The van der Waals surface area contributed by atoms with Gasteiger partial charge < -0.3 is 11.1 Å². The highest BCUT2D eigenvalue weighted by atomic mass is 15.1. The lowest BCUT2D eigenvalue weighted by atomic mass is 9.88. The number of benzene rings is 1. The molecule has 3 N–H and O–H groups in total. The van der Waals surface area contributed by atoms with Crippen LogP contribution in [0.2, 0.25) is 0 Å². The predicted molar refractivity (Wildman–Crippen MR) is 76.7 cm³/mol. The van der Waals surface area contributed by atoms with Gasteiger partial charge >= 0.3 is 0 Å². The lowest BCUT2D eigenvalue weighted by Gasteiger charge is -2.19. The van der Waals surface area contributed by atoms with Crippen molar-refractivity contribution in [2.45, 2.75) is 38.6 Å². The molecule has 18 heavy (non-hydrogen) atoms. The maximum Gasteiger partial charge on any atom is 0.188 e. The molecule has 98 valence electrons. The number of hydrogen-bond acceptors (Lipinski definition) is 1. The Kier molecular flexibility index (Phi) is 4.24. The number of aliphatic imine (C=N–C) groups is 1. The zero-order valence-electron chi connectivity index (χ0n) is 11.3. The van der Waals surface area contributed by atoms with E-state index in [0.717, 1.165) is 6.54 Å². The van der Waals surface area contributed by atoms with Crippen LogP contribution in [0.15, 0.2) is 35.3 Å². The fourth-order valence-electron chi connectivity index (χ4n) is 2.08. The molecule has 1 saturated carbocycles. The van der Waals surface area contributed by atoms with Gasteiger partial charge in [-0.05, 0) is 24.3 Å². The van der Waals surface area contributed by atoms with Gasteiger partial charge in [-0.25, -0.2) is 0 Å². The molecule has 0 amide bonds. The van der Waals surface area contributed by atoms with Gasteiger partial charge in [-0.2, -0.15) is 0 Å². The Balaban J connectivity index is 1.98. The van der Waals surface area contributed by atoms with Gasteiger partial charge in [0.25, 0.3) is 0 Å². The Labute approximate surface area is 109 Å². The molecule has 0 aromatic heterocycles. The largest absolute Gasteiger partial charge is 0.370 e. The zero-order chi connectivity index (χ0) is 13.0. The smallest absolute Gasteiger partial charge is 0.188 e. The highest BCUT2D eigenvalue weighted by molar-refractivity contribution is 5.78. The molecule has 0 spiro atoms. The molecule has 1 unspecified atom stereocenters. The molecule has 0 aliphatic heterocycles. The van der Waals surface area contributed by atoms with E-state index in [9.17, 15) is 0 Å². The minimum absolute atomic E-state index is 0.436. The first-order valence-corrected chi connectivity index (χ1v) is 6.78. The van der Waals surface area contributed by atoms with Gasteiger partial charge in [0, 0.05) is 18.5 Å². The molecule has 3 nitrogen and oxygen atoms in total. The standard InChI is InChI=1S/C15H23N3/c1-11(2)14(12-6-4-3-5-7-12)10-17-15(16)18-13-8-9-13/h3-7,11,13-14H,8-10H2,1-2H3,(H3,16,17,18). The summed E-state index contributed by atoms with van der Waals surface area (Å²) in [4.78, 5) is 4.49. The van der Waals surface area contributed by atoms with E-state index in [1.807, 2.05) is 6.07 Å². The van der Waals surface area contributed by atoms with Gasteiger partial charge in [0.05, 0.1) is 0 Å². The molecule has 2 rings (SSSR count). The van der Waals surface area contributed by atoms with E-state index in [2.05, 4.69) is 48.4 Å². The van der Waals surface area contributed by atoms with Crippen LogP contribution in [0.1, 0.15) is 38.2 Å². The summed E-state index contributed by atoms with van der Waals surface area (Å²) in [5.74, 6) is 1.59. The van der Waals surface area contributed by atoms with Crippen LogP contribution in [0.5, 0.6) is 0 Å². The highest BCUT2D eigenvalue weighted by Crippen LogP contribution is 2.24. The van der Waals surface area contributed by atoms with Gasteiger partial charge in [0.2, 0.25) is 0 Å². The molecule has 3 heteroatoms. The highest BCUT2D eigenvalue weighted by Gasteiger charge is 2.21. The van der Waals surface area contributed by atoms with Gasteiger partial charge in [-0.15, -0.1) is 0 Å². The average Bonchev–Trinajstić information content (AvgIpc) is 3.14. The van der Waals surface area contributed by atoms with Crippen molar-refractivity contribution in [3.05, 3.63) is 35.9 Å². The lowest BCUT2D eigenvalue weighted by Crippen LogP contribution is -2.33. The minimum Gasteiger partial charge on any atom is -0.370 e. The van der Waals surface area contributed by atoms with E-state index in [-0.39, 0.29) is 0 Å². The van der Waals surface area contributed by atoms with Crippen molar-refractivity contribution >= 4 is 5.96 Å². The Morgan fingerprint density at radius 1 is 1.33 bits per heavy atom. The lowest BCUT2D eigenvalue weighted by molar-refractivity contribution is 0.506. The predicted octanol–water partition coefficient (Wildman–Crippen LogP) is 2.49. The van der Waals surface area contributed by atoms with Crippen LogP contribution in [-0.2, 0) is 0 Å². The number of nitrogens with one attached hydrogen (secondary N) is 1. The van der Waals surface area contributed by atoms with Crippen LogP contribution in [0.25, 0.3) is 0 Å². The Morgan fingerprint density at radius 3 is 2.56 bits per heavy atom. The van der Waals surface area contributed by atoms with Crippen LogP contribution in [0.3, 0.4) is 0 Å². The maximum atomic E-state index is 5.88. The molecule has 1 atom stereocenters. The van der Waals surface area contributed by atoms with E-state index >= 15 is 0 Å². The van der Waals surface area contributed by atoms with Gasteiger partial charge in [0.1, 0.15) is 0 Å². The second-order valence-corrected chi connectivity index (χ2v) is 5.41. The summed E-state index contributed by atoms with van der Waals surface area (Å²) in [5.41, 5.74) is 7.22. The minimum atomic E-state index is 0.436. The molecule has 0 heterocycles. The van der Waals surface area contributed by atoms with Crippen LogP contribution in [0.4, 0.5) is 0 Å². The van der Waals surface area contributed by atoms with Gasteiger partial charge in [0.15, 0.2) is 5.96 Å². The maximum absolute atomic E-state index is 5.88. The molecular formula is C15H23N3. The van der Waals surface area contributed by atoms with Crippen molar-refractivity contribution in [1.82, 2.24) is 5.32 Å². The van der Waals surface area contributed by atoms with Crippen molar-refractivity contribution in [2.75, 3.05) is 6.54 Å². The summed E-state index contributed by atoms with van der Waals surface area (Å²) >= 11 is 0. The SMILES string of the molecule is CC(C)C(CN=C(N)NC1CC1)c1ccccc1. The number of rotatable bonds is 5. The second-order valence-electron chi connectivity index (χ2n) is 5.41. The first-order valence-electron chi connectivity index (χ1n) is 6.78. The quantitative estimate of drug-likeness (QED) is 0.618. The molecule has 1 aliphatic carbocycles. The number of nitrogens with two attached hydrogens (primary N) is 1. The van der Waals surface area contributed by atoms with Crippen molar-refractivity contribution in [1.29, 1.82) is 0 Å². The topological polar surface area (TPSA) is 50.4 Å². The third-order valence-corrected chi connectivity index (χ3v) is 3.42. The Morgan fingerprint density at radius 2 is 2.00 bits per heavy atom. The van der Waals surface area contributed by atoms with E-state index in [1.54, 1.807) is 0 Å².